The van der Waals surface area contributed by atoms with E-state index in [1.165, 1.54) is 53.6 Å². The number of rotatable bonds is 3. The van der Waals surface area contributed by atoms with Crippen LogP contribution in [0.15, 0.2) is 164 Å². The third kappa shape index (κ3) is 3.41. The molecule has 3 heteroatoms. The summed E-state index contributed by atoms with van der Waals surface area (Å²) in [4.78, 5) is 2.31. The third-order valence-corrected chi connectivity index (χ3v) is 10.9. The molecule has 2 heterocycles. The van der Waals surface area contributed by atoms with Crippen molar-refractivity contribution in [3.8, 4) is 22.6 Å². The molecule has 10 rings (SSSR count). The lowest BCUT2D eigenvalue weighted by Gasteiger charge is -2.40. The highest BCUT2D eigenvalue weighted by Crippen LogP contribution is 2.64. The minimum atomic E-state index is -0.511. The Labute approximate surface area is 271 Å². The number of fused-ring (bicyclic) bond motifs is 13. The van der Waals surface area contributed by atoms with Crippen molar-refractivity contribution >= 4 is 48.6 Å². The number of anilines is 3. The summed E-state index contributed by atoms with van der Waals surface area (Å²) in [6, 6.07) is 59.2. The summed E-state index contributed by atoms with van der Waals surface area (Å²) in [5, 5.41) is 2.51. The van der Waals surface area contributed by atoms with Gasteiger partial charge in [-0.3, -0.25) is 0 Å². The fourth-order valence-corrected chi connectivity index (χ4v) is 9.06. The molecule has 0 amide bonds. The summed E-state index contributed by atoms with van der Waals surface area (Å²) in [5.41, 5.74) is 10.3. The van der Waals surface area contributed by atoms with Crippen LogP contribution in [0.2, 0.25) is 0 Å². The highest BCUT2D eigenvalue weighted by molar-refractivity contribution is 7.26. The lowest BCUT2D eigenvalue weighted by atomic mass is 9.66. The molecule has 7 aromatic carbocycles. The molecular weight excluding hydrogens is 579 g/mol. The van der Waals surface area contributed by atoms with E-state index in [0.29, 0.717) is 0 Å². The Morgan fingerprint density at radius 1 is 0.457 bits per heavy atom. The minimum Gasteiger partial charge on any atom is -0.455 e. The van der Waals surface area contributed by atoms with Gasteiger partial charge in [0.15, 0.2) is 0 Å². The van der Waals surface area contributed by atoms with Crippen molar-refractivity contribution < 1.29 is 4.74 Å². The molecule has 0 atom stereocenters. The van der Waals surface area contributed by atoms with Gasteiger partial charge in [0.25, 0.3) is 0 Å². The van der Waals surface area contributed by atoms with Crippen LogP contribution in [0, 0.1) is 0 Å². The van der Waals surface area contributed by atoms with Crippen molar-refractivity contribution in [3.05, 3.63) is 186 Å². The molecule has 0 saturated carbocycles. The Hall–Kier alpha value is -5.64. The molecule has 2 nitrogen and oxygen atoms in total. The predicted molar refractivity (Wildman–Crippen MR) is 191 cm³/mol. The zero-order valence-corrected chi connectivity index (χ0v) is 25.7. The Morgan fingerprint density at radius 2 is 1.04 bits per heavy atom. The maximum atomic E-state index is 7.18. The van der Waals surface area contributed by atoms with Crippen LogP contribution in [-0.2, 0) is 5.41 Å². The van der Waals surface area contributed by atoms with Gasteiger partial charge < -0.3 is 9.64 Å². The maximum Gasteiger partial charge on any atom is 0.150 e. The predicted octanol–water partition coefficient (Wildman–Crippen LogP) is 12.0. The second-order valence-electron chi connectivity index (χ2n) is 12.0. The number of thiophene rings is 1. The van der Waals surface area contributed by atoms with Gasteiger partial charge in [-0.05, 0) is 58.7 Å². The Morgan fingerprint density at radius 3 is 1.74 bits per heavy atom. The molecular formula is C43H27NOS. The molecule has 0 fully saturated rings. The van der Waals surface area contributed by atoms with Crippen molar-refractivity contribution in [3.63, 3.8) is 0 Å². The second-order valence-corrected chi connectivity index (χ2v) is 13.1. The topological polar surface area (TPSA) is 12.5 Å². The quantitative estimate of drug-likeness (QED) is 0.199. The highest BCUT2D eigenvalue weighted by Gasteiger charge is 2.51. The smallest absolute Gasteiger partial charge is 0.150 e. The van der Waals surface area contributed by atoms with Crippen LogP contribution in [0.1, 0.15) is 22.3 Å². The minimum absolute atomic E-state index is 0.511. The van der Waals surface area contributed by atoms with E-state index in [-0.39, 0.29) is 0 Å². The van der Waals surface area contributed by atoms with Gasteiger partial charge in [0.1, 0.15) is 11.5 Å². The number of para-hydroxylation sites is 2. The summed E-state index contributed by atoms with van der Waals surface area (Å²) in [7, 11) is 0. The molecule has 2 aliphatic rings. The number of nitrogens with zero attached hydrogens (tertiary/aromatic N) is 1. The number of benzene rings is 7. The summed E-state index contributed by atoms with van der Waals surface area (Å²) in [5.74, 6) is 1.85. The first kappa shape index (κ1) is 25.7. The molecule has 0 unspecified atom stereocenters. The van der Waals surface area contributed by atoms with Crippen molar-refractivity contribution in [1.29, 1.82) is 0 Å². The maximum absolute atomic E-state index is 7.18. The molecule has 216 valence electrons. The van der Waals surface area contributed by atoms with E-state index < -0.39 is 5.41 Å². The summed E-state index contributed by atoms with van der Waals surface area (Å²) in [6.45, 7) is 0. The molecule has 0 bridgehead atoms. The van der Waals surface area contributed by atoms with Gasteiger partial charge in [-0.2, -0.15) is 0 Å². The van der Waals surface area contributed by atoms with Crippen LogP contribution in [-0.4, -0.2) is 0 Å². The number of hydrogen-bond donors (Lipinski definition) is 0. The fraction of sp³-hybridized carbons (Fsp3) is 0.0233. The van der Waals surface area contributed by atoms with Crippen LogP contribution in [0.4, 0.5) is 17.1 Å². The number of ether oxygens (including phenoxy) is 1. The molecule has 0 N–H and O–H groups in total. The van der Waals surface area contributed by atoms with Crippen molar-refractivity contribution in [2.45, 2.75) is 5.41 Å². The molecule has 1 aliphatic heterocycles. The summed E-state index contributed by atoms with van der Waals surface area (Å²) < 4.78 is 9.65. The molecule has 0 saturated heterocycles. The third-order valence-electron chi connectivity index (χ3n) is 9.73. The van der Waals surface area contributed by atoms with E-state index >= 15 is 0 Å². The van der Waals surface area contributed by atoms with Crippen molar-refractivity contribution in [2.75, 3.05) is 4.90 Å². The van der Waals surface area contributed by atoms with Crippen molar-refractivity contribution in [1.82, 2.24) is 0 Å². The van der Waals surface area contributed by atoms with Gasteiger partial charge in [-0.15, -0.1) is 11.3 Å². The van der Waals surface area contributed by atoms with Gasteiger partial charge in [0, 0.05) is 49.7 Å². The lowest BCUT2D eigenvalue weighted by molar-refractivity contribution is 0.442. The average Bonchev–Trinajstić information content (AvgIpc) is 3.64. The highest BCUT2D eigenvalue weighted by atomic mass is 32.1. The SMILES string of the molecule is c1ccc(N(c2ccccc2)c2ccc3c(c2)Oc2c(ccc4c2sc2ccccc24)C32c3ccccc3-c3ccccc32)cc1. The van der Waals surface area contributed by atoms with E-state index in [1.807, 2.05) is 11.3 Å². The molecule has 0 radical (unpaired) electrons. The number of hydrogen-bond acceptors (Lipinski definition) is 3. The monoisotopic (exact) mass is 605 g/mol. The first-order valence-electron chi connectivity index (χ1n) is 15.7. The van der Waals surface area contributed by atoms with Gasteiger partial charge >= 0.3 is 0 Å². The van der Waals surface area contributed by atoms with E-state index in [0.717, 1.165) is 28.6 Å². The zero-order valence-electron chi connectivity index (χ0n) is 24.9. The Bertz CT molecular complexity index is 2380. The zero-order chi connectivity index (χ0) is 30.2. The van der Waals surface area contributed by atoms with Crippen LogP contribution in [0.3, 0.4) is 0 Å². The van der Waals surface area contributed by atoms with Gasteiger partial charge in [-0.1, -0.05) is 121 Å². The van der Waals surface area contributed by atoms with Gasteiger partial charge in [0.2, 0.25) is 0 Å². The second kappa shape index (κ2) is 9.68. The first-order valence-corrected chi connectivity index (χ1v) is 16.5. The van der Waals surface area contributed by atoms with Crippen LogP contribution in [0.25, 0.3) is 31.3 Å². The molecule has 1 spiro atoms. The summed E-state index contributed by atoms with van der Waals surface area (Å²) >= 11 is 1.82. The average molecular weight is 606 g/mol. The normalized spacial score (nSPS) is 13.6. The molecule has 1 aliphatic carbocycles. The van der Waals surface area contributed by atoms with E-state index in [4.69, 9.17) is 4.74 Å². The Kier molecular flexibility index (Phi) is 5.40. The van der Waals surface area contributed by atoms with Gasteiger partial charge in [0.05, 0.1) is 10.1 Å². The van der Waals surface area contributed by atoms with Crippen LogP contribution >= 0.6 is 11.3 Å². The van der Waals surface area contributed by atoms with E-state index in [2.05, 4.69) is 169 Å². The Balaban J connectivity index is 1.30. The molecule has 8 aromatic rings. The fourth-order valence-electron chi connectivity index (χ4n) is 7.88. The standard InChI is InChI=1S/C43H27NOS/c1-3-13-28(14-4-1)44(29-15-5-2-6-16-29)30-23-25-37-39(27-30)45-41-38(26-24-34-33-19-9-12-22-40(33)46-42(34)41)43(37)35-20-10-7-17-31(35)32-18-8-11-21-36(32)43/h1-27H. The van der Waals surface area contributed by atoms with E-state index in [9.17, 15) is 0 Å². The van der Waals surface area contributed by atoms with Crippen LogP contribution < -0.4 is 9.64 Å². The first-order chi connectivity index (χ1) is 22.8. The summed E-state index contributed by atoms with van der Waals surface area (Å²) in [6.07, 6.45) is 0. The largest absolute Gasteiger partial charge is 0.455 e. The van der Waals surface area contributed by atoms with Crippen LogP contribution in [0.5, 0.6) is 11.5 Å². The van der Waals surface area contributed by atoms with Crippen molar-refractivity contribution in [2.24, 2.45) is 0 Å². The molecule has 46 heavy (non-hydrogen) atoms. The van der Waals surface area contributed by atoms with E-state index in [1.54, 1.807) is 0 Å². The van der Waals surface area contributed by atoms with Gasteiger partial charge in [-0.25, -0.2) is 0 Å². The lowest BCUT2D eigenvalue weighted by Crippen LogP contribution is -2.32. The molecule has 1 aromatic heterocycles.